The molecule has 0 aliphatic carbocycles. The van der Waals surface area contributed by atoms with Gasteiger partial charge in [0.15, 0.2) is 5.17 Å². The van der Waals surface area contributed by atoms with E-state index in [1.165, 1.54) is 18.4 Å². The van der Waals surface area contributed by atoms with Gasteiger partial charge in [-0.2, -0.15) is 11.3 Å². The first-order chi connectivity index (χ1) is 7.38. The third-order valence-electron chi connectivity index (χ3n) is 2.35. The first-order valence-corrected chi connectivity index (χ1v) is 7.16. The topological polar surface area (TPSA) is 24.4 Å². The van der Waals surface area contributed by atoms with Crippen LogP contribution >= 0.6 is 23.1 Å². The number of hydrogen-bond acceptors (Lipinski definition) is 4. The standard InChI is InChI=1S/C11H16N2S2/c1-2-3-10-7-13-11(15-10)12-6-9-4-5-14-8-9/h4-5,8,10H,2-3,6-7H2,1H3,(H,12,13). The van der Waals surface area contributed by atoms with Crippen LogP contribution in [0, 0.1) is 0 Å². The first-order valence-electron chi connectivity index (χ1n) is 5.34. The van der Waals surface area contributed by atoms with Gasteiger partial charge in [-0.15, -0.1) is 0 Å². The SMILES string of the molecule is CCCC1CN=C(NCc2ccsc2)S1. The molecule has 4 heteroatoms. The predicted octanol–water partition coefficient (Wildman–Crippen LogP) is 3.11. The van der Waals surface area contributed by atoms with Crippen LogP contribution < -0.4 is 5.32 Å². The Kier molecular flexibility index (Phi) is 4.09. The first kappa shape index (κ1) is 11.0. The Balaban J connectivity index is 1.73. The number of thioether (sulfide) groups is 1. The molecule has 82 valence electrons. The van der Waals surface area contributed by atoms with Crippen molar-refractivity contribution in [1.82, 2.24) is 5.32 Å². The van der Waals surface area contributed by atoms with Gasteiger partial charge in [0.2, 0.25) is 0 Å². The van der Waals surface area contributed by atoms with Crippen molar-refractivity contribution < 1.29 is 0 Å². The molecule has 1 aromatic rings. The van der Waals surface area contributed by atoms with E-state index in [0.717, 1.165) is 18.3 Å². The average molecular weight is 240 g/mol. The van der Waals surface area contributed by atoms with E-state index in [1.54, 1.807) is 11.3 Å². The van der Waals surface area contributed by atoms with Crippen LogP contribution in [0.3, 0.4) is 0 Å². The number of hydrogen-bond donors (Lipinski definition) is 1. The van der Waals surface area contributed by atoms with Gasteiger partial charge >= 0.3 is 0 Å². The zero-order valence-corrected chi connectivity index (χ0v) is 10.5. The third kappa shape index (κ3) is 3.24. The highest BCUT2D eigenvalue weighted by atomic mass is 32.2. The molecule has 1 unspecified atom stereocenters. The minimum Gasteiger partial charge on any atom is -0.361 e. The lowest BCUT2D eigenvalue weighted by atomic mass is 10.2. The summed E-state index contributed by atoms with van der Waals surface area (Å²) in [6.45, 7) is 4.13. The van der Waals surface area contributed by atoms with Gasteiger partial charge in [-0.25, -0.2) is 0 Å². The van der Waals surface area contributed by atoms with E-state index in [4.69, 9.17) is 0 Å². The molecule has 1 aromatic heterocycles. The Labute approximate surface area is 99.2 Å². The van der Waals surface area contributed by atoms with Gasteiger partial charge in [0.25, 0.3) is 0 Å². The molecule has 1 atom stereocenters. The number of amidine groups is 1. The number of thiophene rings is 1. The number of nitrogens with zero attached hydrogens (tertiary/aromatic N) is 1. The number of nitrogens with one attached hydrogen (secondary N) is 1. The van der Waals surface area contributed by atoms with E-state index < -0.39 is 0 Å². The molecular formula is C11H16N2S2. The highest BCUT2D eigenvalue weighted by molar-refractivity contribution is 8.14. The van der Waals surface area contributed by atoms with Crippen molar-refractivity contribution in [1.29, 1.82) is 0 Å². The van der Waals surface area contributed by atoms with E-state index in [1.807, 2.05) is 11.8 Å². The molecule has 0 saturated carbocycles. The van der Waals surface area contributed by atoms with Crippen molar-refractivity contribution in [3.8, 4) is 0 Å². The second-order valence-corrected chi connectivity index (χ2v) is 5.73. The van der Waals surface area contributed by atoms with Gasteiger partial charge in [-0.1, -0.05) is 25.1 Å². The molecule has 0 spiro atoms. The fourth-order valence-electron chi connectivity index (χ4n) is 1.56. The Hall–Kier alpha value is -0.480. The molecule has 0 fully saturated rings. The van der Waals surface area contributed by atoms with Crippen molar-refractivity contribution in [2.45, 2.75) is 31.6 Å². The molecule has 0 aromatic carbocycles. The Morgan fingerprint density at radius 3 is 3.27 bits per heavy atom. The molecule has 1 N–H and O–H groups in total. The summed E-state index contributed by atoms with van der Waals surface area (Å²) in [5.74, 6) is 0. The summed E-state index contributed by atoms with van der Waals surface area (Å²) in [5, 5.41) is 9.51. The second kappa shape index (κ2) is 5.56. The van der Waals surface area contributed by atoms with Crippen molar-refractivity contribution in [2.24, 2.45) is 4.99 Å². The predicted molar refractivity (Wildman–Crippen MR) is 69.7 cm³/mol. The van der Waals surface area contributed by atoms with Crippen LogP contribution in [0.25, 0.3) is 0 Å². The minimum atomic E-state index is 0.708. The smallest absolute Gasteiger partial charge is 0.157 e. The summed E-state index contributed by atoms with van der Waals surface area (Å²) in [7, 11) is 0. The Morgan fingerprint density at radius 2 is 2.53 bits per heavy atom. The summed E-state index contributed by atoms with van der Waals surface area (Å²) in [4.78, 5) is 4.51. The van der Waals surface area contributed by atoms with Gasteiger partial charge in [0, 0.05) is 11.8 Å². The van der Waals surface area contributed by atoms with Crippen LogP contribution in [0.5, 0.6) is 0 Å². The Bertz CT molecular complexity index is 319. The van der Waals surface area contributed by atoms with Crippen molar-refractivity contribution in [3.05, 3.63) is 22.4 Å². The van der Waals surface area contributed by atoms with E-state index in [-0.39, 0.29) is 0 Å². The quantitative estimate of drug-likeness (QED) is 0.874. The van der Waals surface area contributed by atoms with Crippen LogP contribution in [0.2, 0.25) is 0 Å². The molecule has 1 aliphatic rings. The highest BCUT2D eigenvalue weighted by Gasteiger charge is 2.17. The van der Waals surface area contributed by atoms with Crippen LogP contribution in [-0.2, 0) is 6.54 Å². The molecular weight excluding hydrogens is 224 g/mol. The van der Waals surface area contributed by atoms with Crippen molar-refractivity contribution in [3.63, 3.8) is 0 Å². The normalized spacial score (nSPS) is 20.3. The largest absolute Gasteiger partial charge is 0.361 e. The van der Waals surface area contributed by atoms with E-state index >= 15 is 0 Å². The van der Waals surface area contributed by atoms with Gasteiger partial charge in [-0.3, -0.25) is 4.99 Å². The summed E-state index contributed by atoms with van der Waals surface area (Å²) >= 11 is 3.64. The van der Waals surface area contributed by atoms with Gasteiger partial charge in [-0.05, 0) is 28.8 Å². The van der Waals surface area contributed by atoms with Crippen LogP contribution in [0.15, 0.2) is 21.8 Å². The monoisotopic (exact) mass is 240 g/mol. The molecule has 15 heavy (non-hydrogen) atoms. The summed E-state index contributed by atoms with van der Waals surface area (Å²) < 4.78 is 0. The fraction of sp³-hybridized carbons (Fsp3) is 0.545. The highest BCUT2D eigenvalue weighted by Crippen LogP contribution is 2.23. The molecule has 2 nitrogen and oxygen atoms in total. The lowest BCUT2D eigenvalue weighted by Gasteiger charge is -2.06. The lowest BCUT2D eigenvalue weighted by Crippen LogP contribution is -2.18. The van der Waals surface area contributed by atoms with Crippen LogP contribution in [0.4, 0.5) is 0 Å². The lowest BCUT2D eigenvalue weighted by molar-refractivity contribution is 0.754. The van der Waals surface area contributed by atoms with Gasteiger partial charge < -0.3 is 5.32 Å². The molecule has 0 bridgehead atoms. The van der Waals surface area contributed by atoms with Crippen molar-refractivity contribution >= 4 is 28.3 Å². The average Bonchev–Trinajstić information content (AvgIpc) is 2.85. The Morgan fingerprint density at radius 1 is 1.60 bits per heavy atom. The molecule has 2 heterocycles. The zero-order valence-electron chi connectivity index (χ0n) is 8.90. The summed E-state index contributed by atoms with van der Waals surface area (Å²) in [6.07, 6.45) is 2.53. The molecule has 0 saturated heterocycles. The third-order valence-corrected chi connectivity index (χ3v) is 4.30. The van der Waals surface area contributed by atoms with E-state index in [2.05, 4.69) is 34.1 Å². The number of aliphatic imine (C=N–C) groups is 1. The van der Waals surface area contributed by atoms with Crippen LogP contribution in [-0.4, -0.2) is 17.0 Å². The summed E-state index contributed by atoms with van der Waals surface area (Å²) in [5.41, 5.74) is 1.35. The van der Waals surface area contributed by atoms with Crippen LogP contribution in [0.1, 0.15) is 25.3 Å². The zero-order chi connectivity index (χ0) is 10.5. The second-order valence-electron chi connectivity index (χ2n) is 3.66. The van der Waals surface area contributed by atoms with Gasteiger partial charge in [0.05, 0.1) is 6.54 Å². The maximum absolute atomic E-state index is 4.51. The molecule has 0 amide bonds. The fourth-order valence-corrected chi connectivity index (χ4v) is 3.35. The number of rotatable bonds is 4. The minimum absolute atomic E-state index is 0.708. The van der Waals surface area contributed by atoms with E-state index in [0.29, 0.717) is 5.25 Å². The van der Waals surface area contributed by atoms with Gasteiger partial charge in [0.1, 0.15) is 0 Å². The maximum atomic E-state index is 4.51. The summed E-state index contributed by atoms with van der Waals surface area (Å²) in [6, 6.07) is 2.15. The maximum Gasteiger partial charge on any atom is 0.157 e. The molecule has 2 rings (SSSR count). The van der Waals surface area contributed by atoms with E-state index in [9.17, 15) is 0 Å². The molecule has 0 radical (unpaired) electrons. The molecule has 1 aliphatic heterocycles. The van der Waals surface area contributed by atoms with Crippen molar-refractivity contribution in [2.75, 3.05) is 6.54 Å².